The smallest absolute Gasteiger partial charge is 0.214 e. The van der Waals surface area contributed by atoms with Crippen LogP contribution in [0.15, 0.2) is 36.2 Å². The highest BCUT2D eigenvalue weighted by molar-refractivity contribution is 5.94. The van der Waals surface area contributed by atoms with Gasteiger partial charge in [-0.25, -0.2) is 0 Å². The zero-order chi connectivity index (χ0) is 14.5. The predicted molar refractivity (Wildman–Crippen MR) is 78.4 cm³/mol. The van der Waals surface area contributed by atoms with Gasteiger partial charge in [0.2, 0.25) is 6.41 Å². The van der Waals surface area contributed by atoms with Crippen molar-refractivity contribution in [3.05, 3.63) is 41.7 Å². The second-order valence-corrected chi connectivity index (χ2v) is 4.91. The van der Waals surface area contributed by atoms with Crippen LogP contribution in [0.4, 0.5) is 5.69 Å². The molecule has 1 atom stereocenters. The summed E-state index contributed by atoms with van der Waals surface area (Å²) >= 11 is 0. The first-order valence-corrected chi connectivity index (χ1v) is 6.60. The van der Waals surface area contributed by atoms with Gasteiger partial charge in [-0.3, -0.25) is 9.59 Å². The van der Waals surface area contributed by atoms with Crippen LogP contribution in [-0.2, 0) is 4.79 Å². The van der Waals surface area contributed by atoms with E-state index in [1.165, 1.54) is 0 Å². The first-order valence-electron chi connectivity index (χ1n) is 6.60. The third-order valence-corrected chi connectivity index (χ3v) is 3.34. The van der Waals surface area contributed by atoms with E-state index in [1.807, 2.05) is 25.3 Å². The van der Waals surface area contributed by atoms with E-state index in [2.05, 4.69) is 10.6 Å². The van der Waals surface area contributed by atoms with E-state index in [4.69, 9.17) is 0 Å². The minimum Gasteiger partial charge on any atom is -0.385 e. The highest BCUT2D eigenvalue weighted by atomic mass is 16.1. The molecule has 2 N–H and O–H groups in total. The van der Waals surface area contributed by atoms with Gasteiger partial charge < -0.3 is 15.5 Å². The fourth-order valence-corrected chi connectivity index (χ4v) is 2.11. The minimum absolute atomic E-state index is 0.0563. The number of anilines is 1. The quantitative estimate of drug-likeness (QED) is 0.632. The largest absolute Gasteiger partial charge is 0.385 e. The Morgan fingerprint density at radius 3 is 2.75 bits per heavy atom. The van der Waals surface area contributed by atoms with Gasteiger partial charge in [-0.05, 0) is 38.1 Å². The van der Waals surface area contributed by atoms with Gasteiger partial charge in [0.1, 0.15) is 0 Å². The number of allylic oxidation sites excluding steroid dienone is 1. The van der Waals surface area contributed by atoms with Crippen molar-refractivity contribution in [1.82, 2.24) is 10.2 Å². The standard InChI is InChI=1S/C15H19N3O2/c1-11-9-18(10-19)15(7-16-11)8-17-14-5-3-13(4-6-14)12(2)20/h3-6,9-10,15-17H,7-8H2,1-2H3. The van der Waals surface area contributed by atoms with Crippen LogP contribution in [0, 0.1) is 0 Å². The van der Waals surface area contributed by atoms with E-state index in [-0.39, 0.29) is 11.8 Å². The van der Waals surface area contributed by atoms with Crippen molar-refractivity contribution in [2.75, 3.05) is 18.4 Å². The summed E-state index contributed by atoms with van der Waals surface area (Å²) in [5, 5.41) is 6.51. The van der Waals surface area contributed by atoms with Crippen LogP contribution >= 0.6 is 0 Å². The molecule has 1 heterocycles. The maximum Gasteiger partial charge on any atom is 0.214 e. The fraction of sp³-hybridized carbons (Fsp3) is 0.333. The maximum absolute atomic E-state index is 11.2. The molecule has 0 radical (unpaired) electrons. The van der Waals surface area contributed by atoms with Gasteiger partial charge in [-0.15, -0.1) is 0 Å². The van der Waals surface area contributed by atoms with E-state index in [9.17, 15) is 9.59 Å². The molecule has 1 aromatic carbocycles. The summed E-state index contributed by atoms with van der Waals surface area (Å²) in [6.45, 7) is 4.85. The molecule has 106 valence electrons. The van der Waals surface area contributed by atoms with Crippen molar-refractivity contribution in [3.63, 3.8) is 0 Å². The lowest BCUT2D eigenvalue weighted by atomic mass is 10.1. The van der Waals surface area contributed by atoms with Gasteiger partial charge in [0.05, 0.1) is 6.04 Å². The van der Waals surface area contributed by atoms with E-state index in [0.29, 0.717) is 12.1 Å². The van der Waals surface area contributed by atoms with Gasteiger partial charge in [-0.2, -0.15) is 0 Å². The Morgan fingerprint density at radius 1 is 1.45 bits per heavy atom. The Kier molecular flexibility index (Phi) is 4.40. The molecule has 5 heteroatoms. The molecule has 1 aliphatic heterocycles. The summed E-state index contributed by atoms with van der Waals surface area (Å²) in [5.74, 6) is 0.0563. The first kappa shape index (κ1) is 14.1. The molecule has 5 nitrogen and oxygen atoms in total. The van der Waals surface area contributed by atoms with Crippen molar-refractivity contribution in [2.45, 2.75) is 19.9 Å². The molecular weight excluding hydrogens is 254 g/mol. The molecule has 1 amide bonds. The summed E-state index contributed by atoms with van der Waals surface area (Å²) in [6.07, 6.45) is 2.65. The van der Waals surface area contributed by atoms with Gasteiger partial charge in [0, 0.05) is 36.2 Å². The first-order chi connectivity index (χ1) is 9.60. The number of nitrogens with one attached hydrogen (secondary N) is 2. The third kappa shape index (κ3) is 3.38. The van der Waals surface area contributed by atoms with Crippen LogP contribution in [0.3, 0.4) is 0 Å². The number of carbonyl (C=O) groups excluding carboxylic acids is 2. The topological polar surface area (TPSA) is 61.4 Å². The number of Topliss-reactive ketones (excluding diaryl/α,β-unsaturated/α-hetero) is 1. The Bertz CT molecular complexity index is 522. The lowest BCUT2D eigenvalue weighted by molar-refractivity contribution is -0.117. The average Bonchev–Trinajstić information content (AvgIpc) is 2.46. The summed E-state index contributed by atoms with van der Waals surface area (Å²) in [6, 6.07) is 7.42. The lowest BCUT2D eigenvalue weighted by Crippen LogP contribution is -2.46. The van der Waals surface area contributed by atoms with Crippen molar-refractivity contribution in [2.24, 2.45) is 0 Å². The Labute approximate surface area is 118 Å². The second-order valence-electron chi connectivity index (χ2n) is 4.91. The number of hydrogen-bond donors (Lipinski definition) is 2. The molecule has 0 aliphatic carbocycles. The van der Waals surface area contributed by atoms with Crippen molar-refractivity contribution in [3.8, 4) is 0 Å². The average molecular weight is 273 g/mol. The Balaban J connectivity index is 1.94. The molecule has 1 aromatic rings. The number of hydrogen-bond acceptors (Lipinski definition) is 4. The van der Waals surface area contributed by atoms with Crippen LogP contribution in [-0.4, -0.2) is 36.2 Å². The summed E-state index contributed by atoms with van der Waals surface area (Å²) in [7, 11) is 0. The van der Waals surface area contributed by atoms with Crippen LogP contribution in [0.5, 0.6) is 0 Å². The molecular formula is C15H19N3O2. The molecule has 0 fully saturated rings. The lowest BCUT2D eigenvalue weighted by Gasteiger charge is -2.31. The minimum atomic E-state index is 0.0563. The van der Waals surface area contributed by atoms with Gasteiger partial charge >= 0.3 is 0 Å². The van der Waals surface area contributed by atoms with Crippen molar-refractivity contribution >= 4 is 17.9 Å². The third-order valence-electron chi connectivity index (χ3n) is 3.34. The normalized spacial score (nSPS) is 18.0. The molecule has 0 spiro atoms. The molecule has 20 heavy (non-hydrogen) atoms. The fourth-order valence-electron chi connectivity index (χ4n) is 2.11. The summed E-state index contributed by atoms with van der Waals surface area (Å²) in [4.78, 5) is 23.9. The van der Waals surface area contributed by atoms with Gasteiger partial charge in [-0.1, -0.05) is 0 Å². The molecule has 0 bridgehead atoms. The number of ketones is 1. The predicted octanol–water partition coefficient (Wildman–Crippen LogP) is 1.59. The Hall–Kier alpha value is -2.30. The number of amides is 1. The molecule has 0 saturated heterocycles. The van der Waals surface area contributed by atoms with Crippen LogP contribution < -0.4 is 10.6 Å². The van der Waals surface area contributed by atoms with Crippen molar-refractivity contribution in [1.29, 1.82) is 0 Å². The molecule has 1 unspecified atom stereocenters. The van der Waals surface area contributed by atoms with Crippen LogP contribution in [0.1, 0.15) is 24.2 Å². The highest BCUT2D eigenvalue weighted by Gasteiger charge is 2.19. The maximum atomic E-state index is 11.2. The number of rotatable bonds is 5. The Morgan fingerprint density at radius 2 is 2.15 bits per heavy atom. The number of nitrogens with zero attached hydrogens (tertiary/aromatic N) is 1. The van der Waals surface area contributed by atoms with E-state index < -0.39 is 0 Å². The van der Waals surface area contributed by atoms with E-state index >= 15 is 0 Å². The second kappa shape index (κ2) is 6.23. The zero-order valence-electron chi connectivity index (χ0n) is 11.7. The number of benzene rings is 1. The monoisotopic (exact) mass is 273 g/mol. The zero-order valence-corrected chi connectivity index (χ0v) is 11.7. The van der Waals surface area contributed by atoms with Crippen LogP contribution in [0.25, 0.3) is 0 Å². The molecule has 0 saturated carbocycles. The summed E-state index contributed by atoms with van der Waals surface area (Å²) in [5.41, 5.74) is 2.62. The van der Waals surface area contributed by atoms with Crippen molar-refractivity contribution < 1.29 is 9.59 Å². The van der Waals surface area contributed by atoms with Gasteiger partial charge in [0.15, 0.2) is 5.78 Å². The highest BCUT2D eigenvalue weighted by Crippen LogP contribution is 2.12. The van der Waals surface area contributed by atoms with E-state index in [0.717, 1.165) is 24.3 Å². The van der Waals surface area contributed by atoms with E-state index in [1.54, 1.807) is 24.0 Å². The molecule has 2 rings (SSSR count). The van der Waals surface area contributed by atoms with Crippen LogP contribution in [0.2, 0.25) is 0 Å². The molecule has 1 aliphatic rings. The van der Waals surface area contributed by atoms with Gasteiger partial charge in [0.25, 0.3) is 0 Å². The SMILES string of the molecule is CC(=O)c1ccc(NCC2CNC(C)=CN2C=O)cc1. The molecule has 0 aromatic heterocycles. The summed E-state index contributed by atoms with van der Waals surface area (Å²) < 4.78 is 0. The number of carbonyl (C=O) groups is 2.